The van der Waals surface area contributed by atoms with Crippen molar-refractivity contribution in [2.75, 3.05) is 13.8 Å². The second kappa shape index (κ2) is 5.46. The van der Waals surface area contributed by atoms with E-state index in [1.165, 1.54) is 6.20 Å². The van der Waals surface area contributed by atoms with E-state index in [4.69, 9.17) is 0 Å². The van der Waals surface area contributed by atoms with E-state index in [0.29, 0.717) is 6.73 Å². The molecule has 0 aliphatic carbocycles. The zero-order valence-electron chi connectivity index (χ0n) is 4.40. The predicted octanol–water partition coefficient (Wildman–Crippen LogP) is -0.172. The topological polar surface area (TPSA) is 33.3 Å². The highest BCUT2D eigenvalue weighted by Gasteiger charge is 1.70. The Morgan fingerprint density at radius 3 is 3.00 bits per heavy atom. The summed E-state index contributed by atoms with van der Waals surface area (Å²) in [5.74, 6) is 0. The van der Waals surface area contributed by atoms with Crippen LogP contribution >= 0.6 is 0 Å². The van der Waals surface area contributed by atoms with Gasteiger partial charge in [0.1, 0.15) is 6.73 Å². The minimum absolute atomic E-state index is 0.492. The van der Waals surface area contributed by atoms with Gasteiger partial charge in [-0.15, -0.1) is 0 Å². The summed E-state index contributed by atoms with van der Waals surface area (Å²) in [7, 11) is 1.80. The number of hydrogen-bond acceptors (Lipinski definition) is 3. The summed E-state index contributed by atoms with van der Waals surface area (Å²) in [6, 6.07) is 0. The van der Waals surface area contributed by atoms with Crippen LogP contribution in [0.4, 0.5) is 0 Å². The smallest absolute Gasteiger partial charge is 0.125 e. The summed E-state index contributed by atoms with van der Waals surface area (Å²) in [5, 5.41) is 2.77. The number of hydroxylamine groups is 1. The molecule has 42 valence electrons. The molecule has 0 aromatic rings. The van der Waals surface area contributed by atoms with Crippen molar-refractivity contribution >= 4 is 0 Å². The Kier molecular flexibility index (Phi) is 5.04. The average molecular weight is 102 g/mol. The highest BCUT2D eigenvalue weighted by molar-refractivity contribution is 4.52. The monoisotopic (exact) mass is 102 g/mol. The van der Waals surface area contributed by atoms with Gasteiger partial charge in [0.25, 0.3) is 0 Å². The Labute approximate surface area is 43.3 Å². The Morgan fingerprint density at radius 1 is 1.86 bits per heavy atom. The summed E-state index contributed by atoms with van der Waals surface area (Å²) in [5.41, 5.74) is 2.45. The molecule has 0 aliphatic rings. The van der Waals surface area contributed by atoms with Gasteiger partial charge in [-0.3, -0.25) is 15.6 Å². The first kappa shape index (κ1) is 6.46. The van der Waals surface area contributed by atoms with Crippen LogP contribution in [0.15, 0.2) is 12.8 Å². The fraction of sp³-hybridized carbons (Fsp3) is 0.500. The molecule has 0 bridgehead atoms. The van der Waals surface area contributed by atoms with E-state index in [-0.39, 0.29) is 0 Å². The number of rotatable bonds is 4. The third-order valence-corrected chi connectivity index (χ3v) is 0.383. The predicted molar refractivity (Wildman–Crippen MR) is 28.3 cm³/mol. The molecule has 0 amide bonds. The van der Waals surface area contributed by atoms with Gasteiger partial charge in [0, 0.05) is 6.20 Å². The maximum atomic E-state index is 4.65. The van der Waals surface area contributed by atoms with E-state index in [1.807, 2.05) is 0 Å². The van der Waals surface area contributed by atoms with Crippen molar-refractivity contribution in [2.45, 2.75) is 0 Å². The van der Waals surface area contributed by atoms with Crippen molar-refractivity contribution in [1.82, 2.24) is 10.8 Å². The van der Waals surface area contributed by atoms with Crippen LogP contribution in [0.2, 0.25) is 0 Å². The van der Waals surface area contributed by atoms with Crippen LogP contribution < -0.4 is 10.8 Å². The molecule has 0 atom stereocenters. The zero-order valence-corrected chi connectivity index (χ0v) is 4.40. The zero-order chi connectivity index (χ0) is 5.54. The SMILES string of the molecule is C=CNOCNC. The van der Waals surface area contributed by atoms with Crippen LogP contribution in [-0.2, 0) is 4.84 Å². The normalized spacial score (nSPS) is 8.14. The molecule has 0 radical (unpaired) electrons. The molecule has 0 aromatic heterocycles. The first-order chi connectivity index (χ1) is 3.41. The molecule has 0 spiro atoms. The second-order valence-electron chi connectivity index (χ2n) is 0.964. The van der Waals surface area contributed by atoms with Crippen LogP contribution in [0, 0.1) is 0 Å². The molecule has 2 N–H and O–H groups in total. The van der Waals surface area contributed by atoms with Crippen molar-refractivity contribution in [2.24, 2.45) is 0 Å². The molecule has 0 unspecified atom stereocenters. The Bertz CT molecular complexity index is 47.0. The van der Waals surface area contributed by atoms with Gasteiger partial charge in [0.2, 0.25) is 0 Å². The van der Waals surface area contributed by atoms with E-state index in [1.54, 1.807) is 7.05 Å². The molecule has 3 heteroatoms. The van der Waals surface area contributed by atoms with Gasteiger partial charge in [-0.25, -0.2) is 0 Å². The van der Waals surface area contributed by atoms with Gasteiger partial charge in [-0.2, -0.15) is 0 Å². The van der Waals surface area contributed by atoms with Gasteiger partial charge in [0.15, 0.2) is 0 Å². The Morgan fingerprint density at radius 2 is 2.57 bits per heavy atom. The van der Waals surface area contributed by atoms with Crippen molar-refractivity contribution in [1.29, 1.82) is 0 Å². The van der Waals surface area contributed by atoms with Gasteiger partial charge < -0.3 is 0 Å². The summed E-state index contributed by atoms with van der Waals surface area (Å²) in [6.45, 7) is 3.86. The molecule has 0 saturated heterocycles. The van der Waals surface area contributed by atoms with Crippen molar-refractivity contribution in [3.05, 3.63) is 12.8 Å². The van der Waals surface area contributed by atoms with E-state index in [9.17, 15) is 0 Å². The number of hydrogen-bond donors (Lipinski definition) is 2. The Hall–Kier alpha value is -0.540. The van der Waals surface area contributed by atoms with Crippen LogP contribution in [-0.4, -0.2) is 13.8 Å². The third-order valence-electron chi connectivity index (χ3n) is 0.383. The summed E-state index contributed by atoms with van der Waals surface area (Å²) in [4.78, 5) is 4.65. The summed E-state index contributed by atoms with van der Waals surface area (Å²) >= 11 is 0. The van der Waals surface area contributed by atoms with Crippen LogP contribution in [0.1, 0.15) is 0 Å². The molecule has 0 aromatic carbocycles. The molecule has 0 fully saturated rings. The highest BCUT2D eigenvalue weighted by atomic mass is 16.6. The summed E-state index contributed by atoms with van der Waals surface area (Å²) < 4.78 is 0. The highest BCUT2D eigenvalue weighted by Crippen LogP contribution is 1.56. The van der Waals surface area contributed by atoms with Crippen molar-refractivity contribution in [3.63, 3.8) is 0 Å². The van der Waals surface area contributed by atoms with Gasteiger partial charge in [-0.1, -0.05) is 6.58 Å². The maximum Gasteiger partial charge on any atom is 0.125 e. The second-order valence-corrected chi connectivity index (χ2v) is 0.964. The molecular formula is C4H10N2O. The minimum atomic E-state index is 0.492. The third kappa shape index (κ3) is 5.46. The minimum Gasteiger partial charge on any atom is -0.296 e. The lowest BCUT2D eigenvalue weighted by Gasteiger charge is -1.97. The van der Waals surface area contributed by atoms with Gasteiger partial charge in [0.05, 0.1) is 0 Å². The lowest BCUT2D eigenvalue weighted by Crippen LogP contribution is -2.17. The lowest BCUT2D eigenvalue weighted by atomic mass is 11.1. The Balaban J connectivity index is 2.56. The molecule has 7 heavy (non-hydrogen) atoms. The van der Waals surface area contributed by atoms with Crippen molar-refractivity contribution < 1.29 is 4.84 Å². The van der Waals surface area contributed by atoms with E-state index in [2.05, 4.69) is 22.2 Å². The van der Waals surface area contributed by atoms with Gasteiger partial charge in [-0.05, 0) is 7.05 Å². The van der Waals surface area contributed by atoms with Crippen LogP contribution in [0.3, 0.4) is 0 Å². The molecular weight excluding hydrogens is 92.1 g/mol. The molecule has 0 heterocycles. The molecule has 3 nitrogen and oxygen atoms in total. The lowest BCUT2D eigenvalue weighted by molar-refractivity contribution is 0.0611. The van der Waals surface area contributed by atoms with E-state index < -0.39 is 0 Å². The fourth-order valence-electron chi connectivity index (χ4n) is 0.173. The number of nitrogens with one attached hydrogen (secondary N) is 2. The summed E-state index contributed by atoms with van der Waals surface area (Å²) in [6.07, 6.45) is 1.47. The van der Waals surface area contributed by atoms with E-state index in [0.717, 1.165) is 0 Å². The van der Waals surface area contributed by atoms with Crippen LogP contribution in [0.5, 0.6) is 0 Å². The first-order valence-corrected chi connectivity index (χ1v) is 2.04. The molecule has 0 rings (SSSR count). The van der Waals surface area contributed by atoms with Gasteiger partial charge >= 0.3 is 0 Å². The quantitative estimate of drug-likeness (QED) is 0.294. The fourth-order valence-corrected chi connectivity index (χ4v) is 0.173. The molecule has 0 aliphatic heterocycles. The van der Waals surface area contributed by atoms with Crippen molar-refractivity contribution in [3.8, 4) is 0 Å². The first-order valence-electron chi connectivity index (χ1n) is 2.04. The van der Waals surface area contributed by atoms with E-state index >= 15 is 0 Å². The molecule has 0 saturated carbocycles. The van der Waals surface area contributed by atoms with Crippen LogP contribution in [0.25, 0.3) is 0 Å². The largest absolute Gasteiger partial charge is 0.296 e. The standard InChI is InChI=1S/C4H10N2O/c1-3-6-7-4-5-2/h3,5-6H,1,4H2,2H3. The maximum absolute atomic E-state index is 4.65. The average Bonchev–Trinajstić information content (AvgIpc) is 1.69.